The summed E-state index contributed by atoms with van der Waals surface area (Å²) in [5.41, 5.74) is 1.48. The molecule has 6 nitrogen and oxygen atoms in total. The van der Waals surface area contributed by atoms with E-state index in [-0.39, 0.29) is 10.6 Å². The van der Waals surface area contributed by atoms with Gasteiger partial charge in [-0.15, -0.1) is 11.3 Å². The summed E-state index contributed by atoms with van der Waals surface area (Å²) in [4.78, 5) is 34.4. The number of hydrogen-bond acceptors (Lipinski definition) is 4. The summed E-state index contributed by atoms with van der Waals surface area (Å²) in [6.07, 6.45) is 0. The second-order valence-electron chi connectivity index (χ2n) is 4.24. The van der Waals surface area contributed by atoms with Crippen molar-refractivity contribution in [2.24, 2.45) is 0 Å². The van der Waals surface area contributed by atoms with Crippen LogP contribution in [0.1, 0.15) is 15.9 Å². The van der Waals surface area contributed by atoms with Crippen molar-refractivity contribution >= 4 is 39.8 Å². The Labute approximate surface area is 124 Å². The van der Waals surface area contributed by atoms with E-state index in [1.54, 1.807) is 24.3 Å². The Morgan fingerprint density at radius 3 is 2.24 bits per heavy atom. The minimum atomic E-state index is -1.16. The van der Waals surface area contributed by atoms with Crippen molar-refractivity contribution in [2.45, 2.75) is 6.92 Å². The molecular weight excluding hydrogens is 292 g/mol. The maximum Gasteiger partial charge on any atom is 0.338 e. The number of benzene rings is 1. The minimum absolute atomic E-state index is 0.0449. The van der Waals surface area contributed by atoms with Crippen LogP contribution in [0.15, 0.2) is 35.7 Å². The van der Waals surface area contributed by atoms with Gasteiger partial charge >= 0.3 is 17.8 Å². The Balaban J connectivity index is 2.03. The molecule has 2 aromatic rings. The van der Waals surface area contributed by atoms with Crippen LogP contribution >= 0.6 is 11.3 Å². The van der Waals surface area contributed by atoms with Crippen LogP contribution in [0.5, 0.6) is 0 Å². The molecule has 108 valence electrons. The number of rotatable bonds is 3. The number of amides is 2. The summed E-state index contributed by atoms with van der Waals surface area (Å²) in [5.74, 6) is -2.94. The first-order chi connectivity index (χ1) is 9.97. The van der Waals surface area contributed by atoms with Gasteiger partial charge in [-0.2, -0.15) is 0 Å². The molecule has 0 aliphatic heterocycles. The second kappa shape index (κ2) is 6.19. The molecule has 0 aliphatic carbocycles. The van der Waals surface area contributed by atoms with Gasteiger partial charge in [0.25, 0.3) is 0 Å². The van der Waals surface area contributed by atoms with E-state index in [9.17, 15) is 14.4 Å². The molecule has 0 atom stereocenters. The minimum Gasteiger partial charge on any atom is -0.478 e. The molecule has 0 spiro atoms. The number of anilines is 2. The van der Waals surface area contributed by atoms with Crippen LogP contribution in [0.3, 0.4) is 0 Å². The Hall–Kier alpha value is -2.67. The largest absolute Gasteiger partial charge is 0.478 e. The lowest BCUT2D eigenvalue weighted by Crippen LogP contribution is -2.29. The normalized spacial score (nSPS) is 9.95. The number of aryl methyl sites for hydroxylation is 1. The molecule has 0 fully saturated rings. The molecule has 0 saturated carbocycles. The number of carboxylic acid groups (broad SMARTS) is 1. The highest BCUT2D eigenvalue weighted by Gasteiger charge is 2.18. The van der Waals surface area contributed by atoms with E-state index in [4.69, 9.17) is 5.11 Å². The summed E-state index contributed by atoms with van der Waals surface area (Å²) in [6, 6.07) is 8.31. The molecule has 2 amide bonds. The summed E-state index contributed by atoms with van der Waals surface area (Å²) in [5, 5.41) is 15.3. The van der Waals surface area contributed by atoms with Gasteiger partial charge in [0.15, 0.2) is 0 Å². The fraction of sp³-hybridized carbons (Fsp3) is 0.0714. The highest BCUT2D eigenvalue weighted by molar-refractivity contribution is 7.14. The van der Waals surface area contributed by atoms with Gasteiger partial charge < -0.3 is 15.7 Å². The van der Waals surface area contributed by atoms with Gasteiger partial charge in [0, 0.05) is 5.69 Å². The van der Waals surface area contributed by atoms with Gasteiger partial charge in [-0.25, -0.2) is 4.79 Å². The number of nitrogens with one attached hydrogen (secondary N) is 2. The van der Waals surface area contributed by atoms with E-state index >= 15 is 0 Å². The Bertz CT molecular complexity index is 691. The zero-order valence-corrected chi connectivity index (χ0v) is 11.9. The first-order valence-electron chi connectivity index (χ1n) is 5.97. The van der Waals surface area contributed by atoms with Crippen molar-refractivity contribution in [1.82, 2.24) is 0 Å². The van der Waals surface area contributed by atoms with Crippen LogP contribution in [0.4, 0.5) is 10.7 Å². The van der Waals surface area contributed by atoms with Crippen LogP contribution in [0.25, 0.3) is 0 Å². The standard InChI is InChI=1S/C14H12N2O4S/c1-8-2-4-9(5-3-8)15-11(17)12(18)16-13-10(14(19)20)6-7-21-13/h2-7H,1H3,(H,15,17)(H,16,18)(H,19,20). The molecule has 1 heterocycles. The Morgan fingerprint density at radius 2 is 1.62 bits per heavy atom. The smallest absolute Gasteiger partial charge is 0.338 e. The van der Waals surface area contributed by atoms with Crippen LogP contribution in [0, 0.1) is 6.92 Å². The van der Waals surface area contributed by atoms with Gasteiger partial charge in [0.2, 0.25) is 0 Å². The molecule has 7 heteroatoms. The summed E-state index contributed by atoms with van der Waals surface area (Å²) >= 11 is 1.04. The fourth-order valence-electron chi connectivity index (χ4n) is 1.56. The average molecular weight is 304 g/mol. The van der Waals surface area contributed by atoms with Crippen molar-refractivity contribution in [3.05, 3.63) is 46.8 Å². The topological polar surface area (TPSA) is 95.5 Å². The van der Waals surface area contributed by atoms with Gasteiger partial charge in [0.1, 0.15) is 5.00 Å². The first-order valence-corrected chi connectivity index (χ1v) is 6.85. The summed E-state index contributed by atoms with van der Waals surface area (Å²) < 4.78 is 0. The van der Waals surface area contributed by atoms with Crippen LogP contribution in [-0.2, 0) is 9.59 Å². The van der Waals surface area contributed by atoms with Gasteiger partial charge in [0.05, 0.1) is 5.56 Å². The van der Waals surface area contributed by atoms with Gasteiger partial charge in [-0.3, -0.25) is 9.59 Å². The van der Waals surface area contributed by atoms with E-state index < -0.39 is 17.8 Å². The average Bonchev–Trinajstić information content (AvgIpc) is 2.89. The van der Waals surface area contributed by atoms with E-state index in [0.717, 1.165) is 16.9 Å². The lowest BCUT2D eigenvalue weighted by atomic mass is 10.2. The molecule has 0 radical (unpaired) electrons. The van der Waals surface area contributed by atoms with Gasteiger partial charge in [-0.05, 0) is 30.5 Å². The van der Waals surface area contributed by atoms with E-state index in [2.05, 4.69) is 10.6 Å². The predicted molar refractivity (Wildman–Crippen MR) is 79.7 cm³/mol. The molecule has 1 aromatic carbocycles. The Morgan fingerprint density at radius 1 is 1.00 bits per heavy atom. The molecule has 0 unspecified atom stereocenters. The van der Waals surface area contributed by atoms with Crippen LogP contribution in [-0.4, -0.2) is 22.9 Å². The van der Waals surface area contributed by atoms with Crippen LogP contribution in [0.2, 0.25) is 0 Å². The quantitative estimate of drug-likeness (QED) is 0.758. The summed E-state index contributed by atoms with van der Waals surface area (Å²) in [6.45, 7) is 1.91. The zero-order valence-electron chi connectivity index (χ0n) is 11.0. The van der Waals surface area contributed by atoms with Crippen molar-refractivity contribution in [3.63, 3.8) is 0 Å². The number of carboxylic acids is 1. The molecule has 0 aliphatic rings. The number of hydrogen-bond donors (Lipinski definition) is 3. The maximum absolute atomic E-state index is 11.7. The lowest BCUT2D eigenvalue weighted by molar-refractivity contribution is -0.132. The van der Waals surface area contributed by atoms with Crippen molar-refractivity contribution in [3.8, 4) is 0 Å². The van der Waals surface area contributed by atoms with E-state index in [0.29, 0.717) is 5.69 Å². The fourth-order valence-corrected chi connectivity index (χ4v) is 2.33. The molecule has 0 saturated heterocycles. The number of carbonyl (C=O) groups excluding carboxylic acids is 2. The Kier molecular flexibility index (Phi) is 4.34. The van der Waals surface area contributed by atoms with Crippen molar-refractivity contribution in [2.75, 3.05) is 10.6 Å². The van der Waals surface area contributed by atoms with E-state index in [1.165, 1.54) is 11.4 Å². The van der Waals surface area contributed by atoms with Crippen molar-refractivity contribution in [1.29, 1.82) is 0 Å². The maximum atomic E-state index is 11.7. The number of carbonyl (C=O) groups is 3. The van der Waals surface area contributed by atoms with Crippen LogP contribution < -0.4 is 10.6 Å². The molecule has 0 bridgehead atoms. The summed E-state index contributed by atoms with van der Waals surface area (Å²) in [7, 11) is 0. The molecule has 3 N–H and O–H groups in total. The molecule has 21 heavy (non-hydrogen) atoms. The molecular formula is C14H12N2O4S. The third-order valence-corrected chi connectivity index (χ3v) is 3.47. The number of aromatic carboxylic acids is 1. The predicted octanol–water partition coefficient (Wildman–Crippen LogP) is 2.33. The molecule has 2 rings (SSSR count). The lowest BCUT2D eigenvalue weighted by Gasteiger charge is -2.06. The number of thiophene rings is 1. The highest BCUT2D eigenvalue weighted by atomic mass is 32.1. The third kappa shape index (κ3) is 3.67. The second-order valence-corrected chi connectivity index (χ2v) is 5.16. The third-order valence-electron chi connectivity index (χ3n) is 2.64. The van der Waals surface area contributed by atoms with E-state index in [1.807, 2.05) is 6.92 Å². The monoisotopic (exact) mass is 304 g/mol. The highest BCUT2D eigenvalue weighted by Crippen LogP contribution is 2.23. The SMILES string of the molecule is Cc1ccc(NC(=O)C(=O)Nc2sccc2C(=O)O)cc1. The molecule has 1 aromatic heterocycles. The van der Waals surface area contributed by atoms with Gasteiger partial charge in [-0.1, -0.05) is 17.7 Å². The zero-order chi connectivity index (χ0) is 15.4. The van der Waals surface area contributed by atoms with Crippen molar-refractivity contribution < 1.29 is 19.5 Å². The first kappa shape index (κ1) is 14.7.